The Morgan fingerprint density at radius 2 is 0.967 bits per heavy atom. The van der Waals surface area contributed by atoms with E-state index in [1.165, 1.54) is 17.2 Å². The van der Waals surface area contributed by atoms with Crippen LogP contribution in [0.25, 0.3) is 93.2 Å². The predicted octanol–water partition coefficient (Wildman–Crippen LogP) is 14.9. The highest BCUT2D eigenvalue weighted by molar-refractivity contribution is 6.13. The molecule has 0 N–H and O–H groups in total. The molecule has 8 aromatic carbocycles. The van der Waals surface area contributed by atoms with E-state index in [4.69, 9.17) is 6.57 Å². The first-order chi connectivity index (χ1) is 29.1. The lowest BCUT2D eigenvalue weighted by Crippen LogP contribution is -2.06. The lowest BCUT2D eigenvalue weighted by atomic mass is 9.95. The second kappa shape index (κ2) is 13.9. The minimum atomic E-state index is -4.64. The van der Waals surface area contributed by atoms with Crippen molar-refractivity contribution in [1.29, 1.82) is 5.26 Å². The number of alkyl halides is 3. The van der Waals surface area contributed by atoms with E-state index >= 15 is 0 Å². The van der Waals surface area contributed by atoms with Crippen LogP contribution in [0.15, 0.2) is 164 Å². The van der Waals surface area contributed by atoms with E-state index in [0.29, 0.717) is 16.9 Å². The molecule has 2 heterocycles. The predicted molar refractivity (Wildman–Crippen MR) is 237 cm³/mol. The van der Waals surface area contributed by atoms with Gasteiger partial charge in [-0.2, -0.15) is 18.4 Å². The molecule has 0 spiro atoms. The Kier molecular flexibility index (Phi) is 8.45. The number of para-hydroxylation sites is 2. The molecule has 7 heteroatoms. The van der Waals surface area contributed by atoms with Gasteiger partial charge in [-0.15, -0.1) is 0 Å². The SMILES string of the molecule is [C-]#[N+]c1cc(-n2c3ccccc3c3cc(-c4ccc(C)cc4)ccc32)c(-n2c3ccccc3c3cc(-c4ccc(C)cc4)ccc32)cc1-c1ccc(C(F)(F)F)cc1C#N. The number of aromatic nitrogens is 2. The fraction of sp³-hybridized carbons (Fsp3) is 0.0566. The molecule has 4 nitrogen and oxygen atoms in total. The molecule has 0 aliphatic rings. The lowest BCUT2D eigenvalue weighted by Gasteiger charge is -2.20. The van der Waals surface area contributed by atoms with Crippen LogP contribution in [0.2, 0.25) is 0 Å². The maximum Gasteiger partial charge on any atom is 0.416 e. The van der Waals surface area contributed by atoms with Crippen LogP contribution in [0.5, 0.6) is 0 Å². The number of nitriles is 1. The van der Waals surface area contributed by atoms with E-state index in [1.807, 2.05) is 42.5 Å². The van der Waals surface area contributed by atoms with Crippen LogP contribution in [0.3, 0.4) is 0 Å². The largest absolute Gasteiger partial charge is 0.416 e. The summed E-state index contributed by atoms with van der Waals surface area (Å²) in [5.74, 6) is 0. The quantitative estimate of drug-likeness (QED) is 0.160. The summed E-state index contributed by atoms with van der Waals surface area (Å²) in [4.78, 5) is 3.98. The van der Waals surface area contributed by atoms with Gasteiger partial charge in [0.25, 0.3) is 0 Å². The average molecular weight is 783 g/mol. The zero-order chi connectivity index (χ0) is 41.3. The number of rotatable bonds is 5. The van der Waals surface area contributed by atoms with Crippen LogP contribution in [-0.2, 0) is 6.18 Å². The molecule has 0 atom stereocenters. The summed E-state index contributed by atoms with van der Waals surface area (Å²) in [6, 6.07) is 54.9. The second-order valence-electron chi connectivity index (χ2n) is 15.2. The number of hydrogen-bond donors (Lipinski definition) is 0. The minimum Gasteiger partial charge on any atom is -0.308 e. The van der Waals surface area contributed by atoms with Crippen LogP contribution >= 0.6 is 0 Å². The summed E-state index contributed by atoms with van der Waals surface area (Å²) in [6.07, 6.45) is -4.64. The van der Waals surface area contributed by atoms with E-state index < -0.39 is 11.7 Å². The first-order valence-electron chi connectivity index (χ1n) is 19.5. The van der Waals surface area contributed by atoms with E-state index in [0.717, 1.165) is 78.0 Å². The Morgan fingerprint density at radius 3 is 1.45 bits per heavy atom. The highest BCUT2D eigenvalue weighted by Gasteiger charge is 2.32. The van der Waals surface area contributed by atoms with E-state index in [1.54, 1.807) is 0 Å². The number of hydrogen-bond acceptors (Lipinski definition) is 1. The molecule has 0 unspecified atom stereocenters. The van der Waals surface area contributed by atoms with Crippen LogP contribution in [0.1, 0.15) is 22.3 Å². The number of nitrogens with zero attached hydrogens (tertiary/aromatic N) is 4. The molecular formula is C53H33F3N4. The molecule has 0 aliphatic heterocycles. The molecule has 0 fully saturated rings. The van der Waals surface area contributed by atoms with E-state index in [-0.39, 0.29) is 16.8 Å². The van der Waals surface area contributed by atoms with Crippen molar-refractivity contribution in [3.05, 3.63) is 197 Å². The molecule has 286 valence electrons. The van der Waals surface area contributed by atoms with E-state index in [9.17, 15) is 18.4 Å². The molecule has 0 saturated carbocycles. The van der Waals surface area contributed by atoms with Crippen molar-refractivity contribution in [2.75, 3.05) is 0 Å². The zero-order valence-corrected chi connectivity index (χ0v) is 32.5. The van der Waals surface area contributed by atoms with Crippen molar-refractivity contribution >= 4 is 49.3 Å². The molecule has 0 amide bonds. The third kappa shape index (κ3) is 5.91. The average Bonchev–Trinajstić information content (AvgIpc) is 3.78. The van der Waals surface area contributed by atoms with Gasteiger partial charge in [0.1, 0.15) is 0 Å². The molecule has 10 rings (SSSR count). The Morgan fingerprint density at radius 1 is 0.500 bits per heavy atom. The van der Waals surface area contributed by atoms with Gasteiger partial charge in [-0.25, -0.2) is 4.85 Å². The first kappa shape index (κ1) is 36.5. The molecule has 0 bridgehead atoms. The second-order valence-corrected chi connectivity index (χ2v) is 15.2. The molecule has 60 heavy (non-hydrogen) atoms. The van der Waals surface area contributed by atoms with Crippen molar-refractivity contribution < 1.29 is 13.2 Å². The molecular weight excluding hydrogens is 750 g/mol. The first-order valence-corrected chi connectivity index (χ1v) is 19.5. The number of aryl methyl sites for hydroxylation is 2. The summed E-state index contributed by atoms with van der Waals surface area (Å²) >= 11 is 0. The van der Waals surface area contributed by atoms with Crippen molar-refractivity contribution in [2.45, 2.75) is 20.0 Å². The van der Waals surface area contributed by atoms with Crippen LogP contribution in [0, 0.1) is 31.8 Å². The van der Waals surface area contributed by atoms with Gasteiger partial charge >= 0.3 is 6.18 Å². The Hall–Kier alpha value is -7.87. The Labute approximate surface area is 344 Å². The highest BCUT2D eigenvalue weighted by Crippen LogP contribution is 2.45. The highest BCUT2D eigenvalue weighted by atomic mass is 19.4. The standard InChI is InChI=1S/C53H33F3N4/c1-32-12-16-34(17-13-32)36-20-24-49-44(27-36)41-8-4-6-10-47(41)59(49)51-29-43(40-23-22-39(53(54,55)56)26-38(40)31-57)46(58-3)30-52(51)60-48-11-7-5-9-42(48)45-28-37(21-25-50(45)60)35-18-14-33(2)15-19-35/h4-30H,1-2H3. The molecule has 0 radical (unpaired) electrons. The van der Waals surface area contributed by atoms with Crippen LogP contribution in [-0.4, -0.2) is 9.13 Å². The van der Waals surface area contributed by atoms with Crippen molar-refractivity contribution in [1.82, 2.24) is 9.13 Å². The number of benzene rings is 8. The molecule has 10 aromatic rings. The van der Waals surface area contributed by atoms with Crippen molar-refractivity contribution in [3.8, 4) is 50.8 Å². The Balaban J connectivity index is 1.31. The molecule has 0 aliphatic carbocycles. The van der Waals surface area contributed by atoms with Gasteiger partial charge in [0.2, 0.25) is 0 Å². The fourth-order valence-corrected chi connectivity index (χ4v) is 8.60. The van der Waals surface area contributed by atoms with Gasteiger partial charge in [-0.05, 0) is 108 Å². The smallest absolute Gasteiger partial charge is 0.308 e. The topological polar surface area (TPSA) is 38.0 Å². The van der Waals surface area contributed by atoms with E-state index in [2.05, 4.69) is 137 Å². The van der Waals surface area contributed by atoms with Crippen LogP contribution in [0.4, 0.5) is 18.9 Å². The Bertz CT molecular complexity index is 3450. The number of halogens is 3. The normalized spacial score (nSPS) is 11.7. The number of fused-ring (bicyclic) bond motifs is 6. The zero-order valence-electron chi connectivity index (χ0n) is 32.5. The lowest BCUT2D eigenvalue weighted by molar-refractivity contribution is -0.137. The third-order valence-electron chi connectivity index (χ3n) is 11.6. The van der Waals surface area contributed by atoms with Gasteiger partial charge < -0.3 is 9.13 Å². The van der Waals surface area contributed by atoms with Crippen molar-refractivity contribution in [3.63, 3.8) is 0 Å². The van der Waals surface area contributed by atoms with Crippen LogP contribution < -0.4 is 0 Å². The fourth-order valence-electron chi connectivity index (χ4n) is 8.60. The van der Waals surface area contributed by atoms with Gasteiger partial charge in [0.15, 0.2) is 5.69 Å². The van der Waals surface area contributed by atoms with Gasteiger partial charge in [-0.3, -0.25) is 0 Å². The van der Waals surface area contributed by atoms with Gasteiger partial charge in [0.05, 0.1) is 57.2 Å². The maximum absolute atomic E-state index is 13.9. The third-order valence-corrected chi connectivity index (χ3v) is 11.6. The summed E-state index contributed by atoms with van der Waals surface area (Å²) in [7, 11) is 0. The molecule has 2 aromatic heterocycles. The summed E-state index contributed by atoms with van der Waals surface area (Å²) < 4.78 is 46.1. The molecule has 0 saturated heterocycles. The summed E-state index contributed by atoms with van der Waals surface area (Å²) in [6.45, 7) is 12.6. The summed E-state index contributed by atoms with van der Waals surface area (Å²) in [5, 5.41) is 14.3. The minimum absolute atomic E-state index is 0.168. The summed E-state index contributed by atoms with van der Waals surface area (Å²) in [5.41, 5.74) is 11.4. The van der Waals surface area contributed by atoms with Gasteiger partial charge in [-0.1, -0.05) is 114 Å². The monoisotopic (exact) mass is 782 g/mol. The maximum atomic E-state index is 13.9. The van der Waals surface area contributed by atoms with Gasteiger partial charge in [0, 0.05) is 21.5 Å². The van der Waals surface area contributed by atoms with Crippen molar-refractivity contribution in [2.24, 2.45) is 0 Å².